The van der Waals surface area contributed by atoms with Crippen LogP contribution in [-0.2, 0) is 0 Å². The lowest BCUT2D eigenvalue weighted by atomic mass is 10.1. The van der Waals surface area contributed by atoms with Crippen molar-refractivity contribution in [3.63, 3.8) is 0 Å². The predicted molar refractivity (Wildman–Crippen MR) is 70.5 cm³/mol. The van der Waals surface area contributed by atoms with E-state index in [9.17, 15) is 0 Å². The Kier molecular flexibility index (Phi) is 13.5. The third kappa shape index (κ3) is 12.2. The molecule has 0 unspecified atom stereocenters. The molecule has 0 aromatic rings. The first-order valence-corrected chi connectivity index (χ1v) is 6.99. The Bertz CT molecular complexity index is 134. The van der Waals surface area contributed by atoms with Crippen LogP contribution in [0.25, 0.3) is 0 Å². The van der Waals surface area contributed by atoms with Crippen LogP contribution in [-0.4, -0.2) is 11.2 Å². The Labute approximate surface area is 102 Å². The molecular formula is C12H20BrCl. The molecule has 0 nitrogen and oxygen atoms in total. The molecule has 0 aromatic carbocycles. The van der Waals surface area contributed by atoms with Crippen molar-refractivity contribution in [3.8, 4) is 0 Å². The van der Waals surface area contributed by atoms with E-state index in [0.29, 0.717) is 5.88 Å². The minimum atomic E-state index is 0.650. The van der Waals surface area contributed by atoms with Gasteiger partial charge in [0.05, 0.1) is 0 Å². The second kappa shape index (κ2) is 13.2. The summed E-state index contributed by atoms with van der Waals surface area (Å²) in [7, 11) is 0. The third-order valence-electron chi connectivity index (χ3n) is 2.00. The molecule has 0 N–H and O–H groups in total. The average Bonchev–Trinajstić information content (AvgIpc) is 2.21. The molecule has 2 heteroatoms. The van der Waals surface area contributed by atoms with Gasteiger partial charge in [-0.3, -0.25) is 0 Å². The smallest absolute Gasteiger partial charge is 0.0404 e. The van der Waals surface area contributed by atoms with Crippen molar-refractivity contribution in [3.05, 3.63) is 24.3 Å². The Morgan fingerprint density at radius 1 is 0.786 bits per heavy atom. The van der Waals surface area contributed by atoms with Crippen molar-refractivity contribution in [2.45, 2.75) is 38.5 Å². The first-order valence-electron chi connectivity index (χ1n) is 5.33. The van der Waals surface area contributed by atoms with Crippen LogP contribution in [0.1, 0.15) is 38.5 Å². The van der Waals surface area contributed by atoms with Crippen LogP contribution in [0.3, 0.4) is 0 Å². The molecular weight excluding hydrogens is 259 g/mol. The minimum Gasteiger partial charge on any atom is -0.122 e. The quantitative estimate of drug-likeness (QED) is 0.314. The summed E-state index contributed by atoms with van der Waals surface area (Å²) in [5.74, 6) is 0.650. The molecule has 0 spiro atoms. The molecule has 0 atom stereocenters. The molecule has 0 saturated heterocycles. The van der Waals surface area contributed by atoms with Gasteiger partial charge in [-0.05, 0) is 25.7 Å². The molecule has 0 aliphatic rings. The lowest BCUT2D eigenvalue weighted by molar-refractivity contribution is 0.652. The number of halogens is 2. The molecule has 0 aliphatic heterocycles. The Balaban J connectivity index is 2.99. The molecule has 0 heterocycles. The van der Waals surface area contributed by atoms with Gasteiger partial charge in [0.25, 0.3) is 0 Å². The fraction of sp³-hybridized carbons (Fsp3) is 0.667. The molecule has 0 aliphatic carbocycles. The van der Waals surface area contributed by atoms with Gasteiger partial charge in [0.15, 0.2) is 0 Å². The van der Waals surface area contributed by atoms with E-state index in [1.54, 1.807) is 0 Å². The van der Waals surface area contributed by atoms with Gasteiger partial charge in [0, 0.05) is 11.2 Å². The molecule has 0 amide bonds. The summed E-state index contributed by atoms with van der Waals surface area (Å²) in [4.78, 5) is 0. The van der Waals surface area contributed by atoms with Crippen LogP contribution < -0.4 is 0 Å². The number of unbranched alkanes of at least 4 members (excludes halogenated alkanes) is 5. The van der Waals surface area contributed by atoms with E-state index in [1.165, 1.54) is 38.5 Å². The van der Waals surface area contributed by atoms with Crippen LogP contribution in [0, 0.1) is 0 Å². The second-order valence-corrected chi connectivity index (χ2v) is 4.20. The largest absolute Gasteiger partial charge is 0.122 e. The van der Waals surface area contributed by atoms with E-state index >= 15 is 0 Å². The molecule has 0 bridgehead atoms. The fourth-order valence-corrected chi connectivity index (χ4v) is 1.63. The predicted octanol–water partition coefficient (Wildman–Crippen LogP) is 5.07. The highest BCUT2D eigenvalue weighted by Gasteiger charge is 1.87. The maximum absolute atomic E-state index is 5.51. The van der Waals surface area contributed by atoms with Crippen LogP contribution in [0.4, 0.5) is 0 Å². The van der Waals surface area contributed by atoms with Gasteiger partial charge in [-0.15, -0.1) is 11.6 Å². The second-order valence-electron chi connectivity index (χ2n) is 3.24. The Hall–Kier alpha value is 0.250. The summed E-state index contributed by atoms with van der Waals surface area (Å²) in [6, 6.07) is 0. The number of allylic oxidation sites excluding steroid dienone is 4. The Morgan fingerprint density at radius 2 is 1.36 bits per heavy atom. The van der Waals surface area contributed by atoms with Gasteiger partial charge >= 0.3 is 0 Å². The maximum Gasteiger partial charge on any atom is 0.0404 e. The van der Waals surface area contributed by atoms with E-state index in [-0.39, 0.29) is 0 Å². The highest BCUT2D eigenvalue weighted by atomic mass is 79.9. The third-order valence-corrected chi connectivity index (χ3v) is 2.56. The van der Waals surface area contributed by atoms with Crippen LogP contribution in [0.5, 0.6) is 0 Å². The van der Waals surface area contributed by atoms with E-state index < -0.39 is 0 Å². The number of hydrogen-bond donors (Lipinski definition) is 0. The summed E-state index contributed by atoms with van der Waals surface area (Å²) in [6.45, 7) is 0. The first-order chi connectivity index (χ1) is 6.91. The van der Waals surface area contributed by atoms with Crippen molar-refractivity contribution in [1.82, 2.24) is 0 Å². The van der Waals surface area contributed by atoms with Gasteiger partial charge in [0.1, 0.15) is 0 Å². The van der Waals surface area contributed by atoms with Crippen molar-refractivity contribution >= 4 is 27.5 Å². The molecule has 82 valence electrons. The summed E-state index contributed by atoms with van der Waals surface area (Å²) in [6.07, 6.45) is 16.4. The van der Waals surface area contributed by atoms with E-state index in [4.69, 9.17) is 11.6 Å². The average molecular weight is 280 g/mol. The summed E-state index contributed by atoms with van der Waals surface area (Å²) < 4.78 is 0. The molecule has 14 heavy (non-hydrogen) atoms. The molecule has 0 radical (unpaired) electrons. The monoisotopic (exact) mass is 278 g/mol. The molecule has 0 rings (SSSR count). The lowest BCUT2D eigenvalue weighted by Gasteiger charge is -1.96. The van der Waals surface area contributed by atoms with Gasteiger partial charge in [-0.2, -0.15) is 0 Å². The summed E-state index contributed by atoms with van der Waals surface area (Å²) in [5.41, 5.74) is 0. The first kappa shape index (κ1) is 14.2. The fourth-order valence-electron chi connectivity index (χ4n) is 1.24. The highest BCUT2D eigenvalue weighted by Crippen LogP contribution is 2.06. The topological polar surface area (TPSA) is 0 Å². The zero-order valence-electron chi connectivity index (χ0n) is 8.72. The molecule has 0 aromatic heterocycles. The van der Waals surface area contributed by atoms with Gasteiger partial charge in [-0.1, -0.05) is 53.1 Å². The number of hydrogen-bond acceptors (Lipinski definition) is 0. The number of rotatable bonds is 9. The SMILES string of the molecule is ClC/C=C/CCCCCC/C=C/CBr. The minimum absolute atomic E-state index is 0.650. The zero-order chi connectivity index (χ0) is 10.5. The van der Waals surface area contributed by atoms with Gasteiger partial charge < -0.3 is 0 Å². The van der Waals surface area contributed by atoms with Gasteiger partial charge in [-0.25, -0.2) is 0 Å². The van der Waals surface area contributed by atoms with E-state index in [2.05, 4.69) is 34.2 Å². The summed E-state index contributed by atoms with van der Waals surface area (Å²) in [5, 5.41) is 0.982. The van der Waals surface area contributed by atoms with Gasteiger partial charge in [0.2, 0.25) is 0 Å². The van der Waals surface area contributed by atoms with Crippen LogP contribution in [0.15, 0.2) is 24.3 Å². The van der Waals surface area contributed by atoms with Crippen molar-refractivity contribution in [1.29, 1.82) is 0 Å². The van der Waals surface area contributed by atoms with Crippen molar-refractivity contribution < 1.29 is 0 Å². The van der Waals surface area contributed by atoms with E-state index in [0.717, 1.165) is 5.33 Å². The standard InChI is InChI=1S/C12H20BrCl/c13-11-9-7-5-3-1-2-4-6-8-10-12-14/h7-10H,1-6,11-12H2/b9-7+,10-8+. The highest BCUT2D eigenvalue weighted by molar-refractivity contribution is 9.09. The van der Waals surface area contributed by atoms with Crippen molar-refractivity contribution in [2.75, 3.05) is 11.2 Å². The zero-order valence-corrected chi connectivity index (χ0v) is 11.1. The Morgan fingerprint density at radius 3 is 1.86 bits per heavy atom. The number of alkyl halides is 2. The molecule has 0 fully saturated rings. The van der Waals surface area contributed by atoms with E-state index in [1.807, 2.05) is 6.08 Å². The normalized spacial score (nSPS) is 11.9. The van der Waals surface area contributed by atoms with Crippen LogP contribution in [0.2, 0.25) is 0 Å². The van der Waals surface area contributed by atoms with Crippen LogP contribution >= 0.6 is 27.5 Å². The maximum atomic E-state index is 5.51. The summed E-state index contributed by atoms with van der Waals surface area (Å²) >= 11 is 8.88. The molecule has 0 saturated carbocycles. The lowest BCUT2D eigenvalue weighted by Crippen LogP contribution is -1.77. The van der Waals surface area contributed by atoms with Crippen molar-refractivity contribution in [2.24, 2.45) is 0 Å².